The Labute approximate surface area is 142 Å². The molecule has 0 aliphatic carbocycles. The van der Waals surface area contributed by atoms with Gasteiger partial charge in [-0.15, -0.1) is 24.5 Å². The van der Waals surface area contributed by atoms with E-state index in [2.05, 4.69) is 34.5 Å². The van der Waals surface area contributed by atoms with Crippen molar-refractivity contribution >= 4 is 21.6 Å². The zero-order valence-electron chi connectivity index (χ0n) is 10.1. The quantitative estimate of drug-likeness (QED) is 0.537. The molecule has 1 aromatic rings. The summed E-state index contributed by atoms with van der Waals surface area (Å²) >= 11 is 3.42. The summed E-state index contributed by atoms with van der Waals surface area (Å²) in [5, 5.41) is 0. The number of nitrogens with zero attached hydrogens (tertiary/aromatic N) is 1. The van der Waals surface area contributed by atoms with Crippen molar-refractivity contribution in [2.75, 3.05) is 7.05 Å². The molecule has 0 bridgehead atoms. The first kappa shape index (κ1) is 15.4. The maximum absolute atomic E-state index is 5.40. The molecule has 0 N–H and O–H groups in total. The summed E-state index contributed by atoms with van der Waals surface area (Å²) in [7, 11) is 1.94. The monoisotopic (exact) mass is 373 g/mol. The molecule has 0 unspecified atom stereocenters. The maximum atomic E-state index is 5.40. The Morgan fingerprint density at radius 2 is 1.94 bits per heavy atom. The molecule has 0 fully saturated rings. The van der Waals surface area contributed by atoms with Crippen LogP contribution in [0.4, 0.5) is 0 Å². The number of terminal acetylenes is 1. The van der Waals surface area contributed by atoms with Gasteiger partial charge in [-0.25, -0.2) is 0 Å². The SMILES string of the molecule is C#CC1=C[C-]=C(c2ccc(Br)cc2)N(C)C1=C.[Y]. The second-order valence-electron chi connectivity index (χ2n) is 3.71. The third kappa shape index (κ3) is 3.04. The third-order valence-corrected chi connectivity index (χ3v) is 3.21. The molecule has 1 radical (unpaired) electrons. The van der Waals surface area contributed by atoms with Crippen LogP contribution in [0, 0.1) is 18.4 Å². The van der Waals surface area contributed by atoms with Gasteiger partial charge >= 0.3 is 0 Å². The molecule has 1 aliphatic rings. The first-order valence-electron chi connectivity index (χ1n) is 5.12. The number of hydrogen-bond acceptors (Lipinski definition) is 1. The number of benzene rings is 1. The van der Waals surface area contributed by atoms with E-state index in [4.69, 9.17) is 6.42 Å². The first-order chi connectivity index (χ1) is 8.13. The van der Waals surface area contributed by atoms with E-state index in [0.717, 1.165) is 27.0 Å². The summed E-state index contributed by atoms with van der Waals surface area (Å²) in [6, 6.07) is 8.07. The zero-order valence-corrected chi connectivity index (χ0v) is 14.5. The summed E-state index contributed by atoms with van der Waals surface area (Å²) in [5.74, 6) is 2.60. The first-order valence-corrected chi connectivity index (χ1v) is 5.92. The van der Waals surface area contributed by atoms with Crippen LogP contribution >= 0.6 is 15.9 Å². The predicted octanol–water partition coefficient (Wildman–Crippen LogP) is 3.61. The fourth-order valence-electron chi connectivity index (χ4n) is 1.65. The Morgan fingerprint density at radius 1 is 1.33 bits per heavy atom. The molecular weight excluding hydrogens is 363 g/mol. The van der Waals surface area contributed by atoms with E-state index in [1.807, 2.05) is 36.2 Å². The molecular formula is C15H11BrNY-. The van der Waals surface area contributed by atoms with Crippen molar-refractivity contribution in [1.82, 2.24) is 4.90 Å². The van der Waals surface area contributed by atoms with Crippen LogP contribution in [-0.2, 0) is 32.7 Å². The Kier molecular flexibility index (Phi) is 5.59. The molecule has 87 valence electrons. The minimum Gasteiger partial charge on any atom is -0.377 e. The van der Waals surface area contributed by atoms with Gasteiger partial charge in [0, 0.05) is 44.2 Å². The Morgan fingerprint density at radius 3 is 2.50 bits per heavy atom. The van der Waals surface area contributed by atoms with E-state index < -0.39 is 0 Å². The van der Waals surface area contributed by atoms with E-state index in [1.54, 1.807) is 6.08 Å². The van der Waals surface area contributed by atoms with Crippen LogP contribution in [0.1, 0.15) is 5.56 Å². The van der Waals surface area contributed by atoms with Gasteiger partial charge in [-0.1, -0.05) is 51.5 Å². The van der Waals surface area contributed by atoms with Gasteiger partial charge in [0.25, 0.3) is 0 Å². The molecule has 0 amide bonds. The second kappa shape index (κ2) is 6.52. The summed E-state index contributed by atoms with van der Waals surface area (Å²) in [4.78, 5) is 1.96. The van der Waals surface area contributed by atoms with Gasteiger partial charge in [-0.3, -0.25) is 0 Å². The number of rotatable bonds is 1. The molecule has 1 aliphatic heterocycles. The average Bonchev–Trinajstić information content (AvgIpc) is 2.34. The predicted molar refractivity (Wildman–Crippen MR) is 74.6 cm³/mol. The van der Waals surface area contributed by atoms with Gasteiger partial charge in [-0.05, 0) is 5.70 Å². The minimum absolute atomic E-state index is 0. The van der Waals surface area contributed by atoms with Crippen LogP contribution in [0.3, 0.4) is 0 Å². The van der Waals surface area contributed by atoms with Crippen molar-refractivity contribution in [3.63, 3.8) is 0 Å². The molecule has 1 heterocycles. The van der Waals surface area contributed by atoms with E-state index in [1.165, 1.54) is 0 Å². The molecule has 1 aromatic carbocycles. The fraction of sp³-hybridized carbons (Fsp3) is 0.0667. The minimum atomic E-state index is 0. The molecule has 0 spiro atoms. The molecule has 3 heteroatoms. The summed E-state index contributed by atoms with van der Waals surface area (Å²) in [6.45, 7) is 3.99. The number of allylic oxidation sites excluding steroid dienone is 3. The average molecular weight is 374 g/mol. The zero-order chi connectivity index (χ0) is 12.4. The van der Waals surface area contributed by atoms with Crippen molar-refractivity contribution < 1.29 is 32.7 Å². The van der Waals surface area contributed by atoms with Gasteiger partial charge in [0.1, 0.15) is 0 Å². The van der Waals surface area contributed by atoms with Crippen LogP contribution in [0.25, 0.3) is 5.70 Å². The van der Waals surface area contributed by atoms with E-state index in [0.29, 0.717) is 0 Å². The van der Waals surface area contributed by atoms with E-state index in [-0.39, 0.29) is 32.7 Å². The normalized spacial score (nSPS) is 14.3. The number of halogens is 1. The molecule has 2 rings (SSSR count). The molecule has 1 nitrogen and oxygen atoms in total. The Hall–Kier alpha value is -0.616. The van der Waals surface area contributed by atoms with Crippen molar-refractivity contribution in [2.24, 2.45) is 0 Å². The van der Waals surface area contributed by atoms with Crippen LogP contribution in [0.2, 0.25) is 0 Å². The van der Waals surface area contributed by atoms with Crippen molar-refractivity contribution in [2.45, 2.75) is 0 Å². The van der Waals surface area contributed by atoms with Crippen molar-refractivity contribution in [3.05, 3.63) is 64.3 Å². The van der Waals surface area contributed by atoms with E-state index in [9.17, 15) is 0 Å². The number of likely N-dealkylation sites (N-methyl/N-ethyl adjacent to an activating group) is 1. The summed E-state index contributed by atoms with van der Waals surface area (Å²) < 4.78 is 1.05. The van der Waals surface area contributed by atoms with Crippen LogP contribution in [0.15, 0.2) is 52.7 Å². The molecule has 0 atom stereocenters. The Bertz CT molecular complexity index is 561. The van der Waals surface area contributed by atoms with Gasteiger partial charge in [0.05, 0.1) is 0 Å². The summed E-state index contributed by atoms with van der Waals surface area (Å²) in [6.07, 6.45) is 10.4. The topological polar surface area (TPSA) is 3.24 Å². The van der Waals surface area contributed by atoms with Gasteiger partial charge in [0.15, 0.2) is 0 Å². The standard InChI is InChI=1S/C15H11BrN.Y/c1-4-12-7-10-15(17(3)11(12)2)13-5-8-14(16)9-6-13;/h1,5-9H,2H2,3H3;/q-1;. The maximum Gasteiger partial charge on any atom is 0.0154 e. The second-order valence-corrected chi connectivity index (χ2v) is 4.62. The van der Waals surface area contributed by atoms with Crippen LogP contribution in [0.5, 0.6) is 0 Å². The molecule has 0 saturated carbocycles. The van der Waals surface area contributed by atoms with Crippen LogP contribution < -0.4 is 0 Å². The molecule has 0 aromatic heterocycles. The fourth-order valence-corrected chi connectivity index (χ4v) is 1.91. The third-order valence-electron chi connectivity index (χ3n) is 2.68. The molecule has 18 heavy (non-hydrogen) atoms. The Balaban J connectivity index is 0.00000162. The van der Waals surface area contributed by atoms with Crippen LogP contribution in [-0.4, -0.2) is 11.9 Å². The number of hydrogen-bond donors (Lipinski definition) is 0. The van der Waals surface area contributed by atoms with Crippen molar-refractivity contribution in [3.8, 4) is 12.3 Å². The molecule has 0 saturated heterocycles. The van der Waals surface area contributed by atoms with E-state index >= 15 is 0 Å². The van der Waals surface area contributed by atoms with Gasteiger partial charge in [0.2, 0.25) is 0 Å². The largest absolute Gasteiger partial charge is 0.377 e. The van der Waals surface area contributed by atoms with Crippen molar-refractivity contribution in [1.29, 1.82) is 0 Å². The van der Waals surface area contributed by atoms with Gasteiger partial charge < -0.3 is 4.90 Å². The summed E-state index contributed by atoms with van der Waals surface area (Å²) in [5.41, 5.74) is 3.66. The smallest absolute Gasteiger partial charge is 0.0154 e. The van der Waals surface area contributed by atoms with Gasteiger partial charge in [-0.2, -0.15) is 12.2 Å².